The van der Waals surface area contributed by atoms with Crippen molar-refractivity contribution in [3.63, 3.8) is 0 Å². The van der Waals surface area contributed by atoms with Gasteiger partial charge in [0, 0.05) is 30.1 Å². The predicted molar refractivity (Wildman–Crippen MR) is 72.0 cm³/mol. The summed E-state index contributed by atoms with van der Waals surface area (Å²) in [5, 5.41) is 10.6. The van der Waals surface area contributed by atoms with Gasteiger partial charge in [0.05, 0.1) is 10.6 Å². The van der Waals surface area contributed by atoms with Crippen LogP contribution in [0.5, 0.6) is 0 Å². The van der Waals surface area contributed by atoms with E-state index in [2.05, 4.69) is 4.98 Å². The van der Waals surface area contributed by atoms with Gasteiger partial charge in [-0.3, -0.25) is 10.1 Å². The van der Waals surface area contributed by atoms with Crippen molar-refractivity contribution in [2.24, 2.45) is 0 Å². The highest BCUT2D eigenvalue weighted by atomic mass is 127. The summed E-state index contributed by atoms with van der Waals surface area (Å²) in [5.74, 6) is 0. The summed E-state index contributed by atoms with van der Waals surface area (Å²) in [7, 11) is 0. The highest BCUT2D eigenvalue weighted by Crippen LogP contribution is 2.22. The number of fused-ring (bicyclic) bond motifs is 1. The van der Waals surface area contributed by atoms with Crippen molar-refractivity contribution in [1.82, 2.24) is 9.38 Å². The number of aromatic nitrogens is 2. The number of nitrogens with zero attached hydrogens (tertiary/aromatic N) is 3. The third kappa shape index (κ3) is 2.64. The normalized spacial score (nSPS) is 10.2. The average Bonchev–Trinajstić information content (AvgIpc) is 2.81. The van der Waals surface area contributed by atoms with Crippen LogP contribution in [-0.4, -0.2) is 14.3 Å². The lowest BCUT2D eigenvalue weighted by Crippen LogP contribution is -3.00. The molecule has 102 valence electrons. The van der Waals surface area contributed by atoms with E-state index in [9.17, 15) is 10.1 Å². The SMILES string of the molecule is Cc1ccn2cc(-c3ccc([N+](=O)[O-])cc3)nc2c1.[I-]. The van der Waals surface area contributed by atoms with Crippen molar-refractivity contribution in [1.29, 1.82) is 0 Å². The molecule has 0 aliphatic rings. The summed E-state index contributed by atoms with van der Waals surface area (Å²) in [4.78, 5) is 14.7. The van der Waals surface area contributed by atoms with Crippen molar-refractivity contribution in [3.05, 3.63) is 64.5 Å². The van der Waals surface area contributed by atoms with Crippen LogP contribution >= 0.6 is 0 Å². The third-order valence-corrected chi connectivity index (χ3v) is 2.99. The standard InChI is InChI=1S/C14H11N3O2.HI/c1-10-6-7-16-9-13(15-14(16)8-10)11-2-4-12(5-3-11)17(18)19;/h2-9H,1H3;1H/p-1. The van der Waals surface area contributed by atoms with Crippen LogP contribution in [0.4, 0.5) is 5.69 Å². The van der Waals surface area contributed by atoms with Crippen molar-refractivity contribution >= 4 is 11.3 Å². The van der Waals surface area contributed by atoms with E-state index in [1.807, 2.05) is 35.9 Å². The first-order chi connectivity index (χ1) is 9.13. The molecule has 3 aromatic rings. The van der Waals surface area contributed by atoms with Crippen LogP contribution in [0.2, 0.25) is 0 Å². The van der Waals surface area contributed by atoms with Crippen LogP contribution in [0.1, 0.15) is 5.56 Å². The molecule has 0 radical (unpaired) electrons. The lowest BCUT2D eigenvalue weighted by molar-refractivity contribution is -0.384. The Hall–Kier alpha value is -1.96. The molecule has 1 aromatic carbocycles. The van der Waals surface area contributed by atoms with Crippen LogP contribution in [0, 0.1) is 17.0 Å². The van der Waals surface area contributed by atoms with Gasteiger partial charge in [0.15, 0.2) is 0 Å². The Morgan fingerprint density at radius 3 is 2.55 bits per heavy atom. The zero-order chi connectivity index (χ0) is 13.4. The first-order valence-electron chi connectivity index (χ1n) is 5.84. The summed E-state index contributed by atoms with van der Waals surface area (Å²) in [6.07, 6.45) is 3.86. The van der Waals surface area contributed by atoms with E-state index in [-0.39, 0.29) is 29.7 Å². The fraction of sp³-hybridized carbons (Fsp3) is 0.0714. The molecule has 2 aromatic heterocycles. The van der Waals surface area contributed by atoms with Crippen molar-refractivity contribution < 1.29 is 28.9 Å². The molecule has 20 heavy (non-hydrogen) atoms. The maximum Gasteiger partial charge on any atom is 0.269 e. The summed E-state index contributed by atoms with van der Waals surface area (Å²) in [6, 6.07) is 10.4. The maximum absolute atomic E-state index is 10.6. The van der Waals surface area contributed by atoms with E-state index < -0.39 is 4.92 Å². The molecule has 0 bridgehead atoms. The Kier molecular flexibility index (Phi) is 4.03. The lowest BCUT2D eigenvalue weighted by Gasteiger charge is -1.95. The van der Waals surface area contributed by atoms with Gasteiger partial charge in [0.1, 0.15) is 5.65 Å². The minimum absolute atomic E-state index is 0. The smallest absolute Gasteiger partial charge is 0.269 e. The summed E-state index contributed by atoms with van der Waals surface area (Å²) >= 11 is 0. The van der Waals surface area contributed by atoms with Crippen molar-refractivity contribution in [2.75, 3.05) is 0 Å². The topological polar surface area (TPSA) is 60.4 Å². The van der Waals surface area contributed by atoms with Crippen molar-refractivity contribution in [2.45, 2.75) is 6.92 Å². The van der Waals surface area contributed by atoms with E-state index in [4.69, 9.17) is 0 Å². The van der Waals surface area contributed by atoms with Gasteiger partial charge in [-0.25, -0.2) is 4.98 Å². The molecule has 0 amide bonds. The number of aryl methyl sites for hydroxylation is 1. The molecule has 0 saturated heterocycles. The van der Waals surface area contributed by atoms with Crippen LogP contribution in [0.3, 0.4) is 0 Å². The summed E-state index contributed by atoms with van der Waals surface area (Å²) < 4.78 is 1.93. The number of imidazole rings is 1. The molecule has 0 fully saturated rings. The van der Waals surface area contributed by atoms with E-state index in [0.717, 1.165) is 22.5 Å². The minimum Gasteiger partial charge on any atom is -1.00 e. The fourth-order valence-electron chi connectivity index (χ4n) is 1.98. The Bertz CT molecular complexity index is 766. The first-order valence-corrected chi connectivity index (χ1v) is 5.84. The van der Waals surface area contributed by atoms with Gasteiger partial charge in [-0.15, -0.1) is 0 Å². The van der Waals surface area contributed by atoms with Crippen molar-refractivity contribution in [3.8, 4) is 11.3 Å². The third-order valence-electron chi connectivity index (χ3n) is 2.99. The quantitative estimate of drug-likeness (QED) is 0.363. The number of nitro groups is 1. The number of hydrogen-bond acceptors (Lipinski definition) is 3. The minimum atomic E-state index is -0.406. The Morgan fingerprint density at radius 1 is 1.20 bits per heavy atom. The number of nitro benzene ring substituents is 1. The van der Waals surface area contributed by atoms with Gasteiger partial charge in [0.2, 0.25) is 0 Å². The molecule has 6 heteroatoms. The molecule has 0 saturated carbocycles. The van der Waals surface area contributed by atoms with Crippen LogP contribution in [-0.2, 0) is 0 Å². The number of non-ortho nitro benzene ring substituents is 1. The van der Waals surface area contributed by atoms with Gasteiger partial charge < -0.3 is 28.4 Å². The zero-order valence-electron chi connectivity index (χ0n) is 10.7. The zero-order valence-corrected chi connectivity index (χ0v) is 12.8. The average molecular weight is 380 g/mol. The number of halogens is 1. The number of rotatable bonds is 2. The van der Waals surface area contributed by atoms with Crippen LogP contribution in [0.25, 0.3) is 16.9 Å². The van der Waals surface area contributed by atoms with Gasteiger partial charge >= 0.3 is 0 Å². The monoisotopic (exact) mass is 380 g/mol. The molecule has 0 unspecified atom stereocenters. The molecular weight excluding hydrogens is 369 g/mol. The fourth-order valence-corrected chi connectivity index (χ4v) is 1.98. The maximum atomic E-state index is 10.6. The van der Waals surface area contributed by atoms with E-state index in [1.54, 1.807) is 12.1 Å². The van der Waals surface area contributed by atoms with Crippen LogP contribution < -0.4 is 24.0 Å². The van der Waals surface area contributed by atoms with E-state index >= 15 is 0 Å². The second kappa shape index (κ2) is 5.58. The molecule has 0 atom stereocenters. The highest BCUT2D eigenvalue weighted by molar-refractivity contribution is 5.64. The molecule has 0 aliphatic carbocycles. The van der Waals surface area contributed by atoms with Gasteiger partial charge in [-0.05, 0) is 36.8 Å². The molecule has 5 nitrogen and oxygen atoms in total. The Labute approximate surface area is 132 Å². The molecule has 3 rings (SSSR count). The first kappa shape index (κ1) is 14.4. The van der Waals surface area contributed by atoms with E-state index in [1.165, 1.54) is 12.1 Å². The second-order valence-corrected chi connectivity index (χ2v) is 4.40. The molecule has 0 N–H and O–H groups in total. The molecule has 0 spiro atoms. The highest BCUT2D eigenvalue weighted by Gasteiger charge is 2.08. The number of benzene rings is 1. The Morgan fingerprint density at radius 2 is 1.90 bits per heavy atom. The van der Waals surface area contributed by atoms with Gasteiger partial charge in [-0.2, -0.15) is 0 Å². The summed E-state index contributed by atoms with van der Waals surface area (Å²) in [6.45, 7) is 2.01. The number of hydrogen-bond donors (Lipinski definition) is 0. The van der Waals surface area contributed by atoms with E-state index in [0.29, 0.717) is 0 Å². The van der Waals surface area contributed by atoms with Gasteiger partial charge in [-0.1, -0.05) is 0 Å². The largest absolute Gasteiger partial charge is 1.00 e. The van der Waals surface area contributed by atoms with Crippen LogP contribution in [0.15, 0.2) is 48.8 Å². The molecular formula is C14H11IN3O2-. The predicted octanol–water partition coefficient (Wildman–Crippen LogP) is 0.222. The number of pyridine rings is 1. The second-order valence-electron chi connectivity index (χ2n) is 4.40. The van der Waals surface area contributed by atoms with Gasteiger partial charge in [0.25, 0.3) is 5.69 Å². The Balaban J connectivity index is 0.00000147. The molecule has 0 aliphatic heterocycles. The summed E-state index contributed by atoms with van der Waals surface area (Å²) in [5.41, 5.74) is 3.78. The lowest BCUT2D eigenvalue weighted by atomic mass is 10.1. The molecule has 2 heterocycles.